The molecule has 0 saturated carbocycles. The Bertz CT molecular complexity index is 1140. The van der Waals surface area contributed by atoms with E-state index >= 15 is 0 Å². The van der Waals surface area contributed by atoms with Gasteiger partial charge in [-0.25, -0.2) is 4.79 Å². The minimum atomic E-state index is -1.35. The van der Waals surface area contributed by atoms with Crippen LogP contribution >= 0.6 is 0 Å². The maximum absolute atomic E-state index is 12.9. The molecule has 8 N–H and O–H groups in total. The van der Waals surface area contributed by atoms with Crippen molar-refractivity contribution >= 4 is 35.4 Å². The Balaban J connectivity index is 4.35. The van der Waals surface area contributed by atoms with Gasteiger partial charge in [-0.3, -0.25) is 24.0 Å². The van der Waals surface area contributed by atoms with Gasteiger partial charge in [-0.05, 0) is 86.1 Å². The van der Waals surface area contributed by atoms with E-state index in [0.29, 0.717) is 32.4 Å². The van der Waals surface area contributed by atoms with Crippen LogP contribution in [0.15, 0.2) is 0 Å². The smallest absolute Gasteiger partial charge is 0.326 e. The molecular weight excluding hydrogens is 674 g/mol. The highest BCUT2D eigenvalue weighted by atomic mass is 16.5. The zero-order chi connectivity index (χ0) is 40.1. The number of Topliss-reactive ketones (excluding diaryl/α,β-unsaturated/α-hetero) is 1. The number of ether oxygens (including phenoxy) is 2. The summed E-state index contributed by atoms with van der Waals surface area (Å²) >= 11 is 0. The number of carbonyl (C=O) groups excluding carboxylic acids is 4. The van der Waals surface area contributed by atoms with E-state index in [2.05, 4.69) is 28.2 Å². The average Bonchev–Trinajstić information content (AvgIpc) is 3.04. The summed E-state index contributed by atoms with van der Waals surface area (Å²) in [5, 5.41) is 29.5. The summed E-state index contributed by atoms with van der Waals surface area (Å²) in [6.07, 6.45) is 5.13. The second-order valence-corrected chi connectivity index (χ2v) is 15.5. The highest BCUT2D eigenvalue weighted by molar-refractivity contribution is 5.89. The number of ketones is 1. The normalized spacial score (nSPS) is 14.5. The minimum absolute atomic E-state index is 0.0391. The largest absolute Gasteiger partial charge is 0.481 e. The fourth-order valence-corrected chi connectivity index (χ4v) is 5.55. The molecule has 0 aromatic heterocycles. The van der Waals surface area contributed by atoms with Crippen LogP contribution in [0.4, 0.5) is 0 Å². The van der Waals surface area contributed by atoms with Gasteiger partial charge in [0.25, 0.3) is 0 Å². The number of carbonyl (C=O) groups is 6. The molecule has 15 heteroatoms. The molecule has 302 valence electrons. The molecule has 52 heavy (non-hydrogen) atoms. The Morgan fingerprint density at radius 1 is 0.731 bits per heavy atom. The van der Waals surface area contributed by atoms with Crippen molar-refractivity contribution in [3.8, 4) is 0 Å². The number of carboxylic acid groups (broad SMARTS) is 2. The Labute approximate surface area is 310 Å². The van der Waals surface area contributed by atoms with E-state index in [1.165, 1.54) is 6.92 Å². The summed E-state index contributed by atoms with van der Waals surface area (Å²) in [6.45, 7) is 16.5. The SMILES string of the molecule is CCCC(C)(C)C(=O)[C@@H](CCCCNC(=O)CCC(C)(C)OCCC(C)(C)OCCNC(=O)CC[C@H](NC(=O)C(N)CC(C)C(=O)O)C(=O)O)NC. The maximum Gasteiger partial charge on any atom is 0.326 e. The van der Waals surface area contributed by atoms with Gasteiger partial charge in [-0.1, -0.05) is 34.1 Å². The van der Waals surface area contributed by atoms with Crippen LogP contribution in [-0.2, 0) is 38.2 Å². The van der Waals surface area contributed by atoms with Crippen LogP contribution in [0.3, 0.4) is 0 Å². The van der Waals surface area contributed by atoms with Gasteiger partial charge in [0.05, 0.1) is 42.4 Å². The van der Waals surface area contributed by atoms with E-state index in [4.69, 9.17) is 20.3 Å². The minimum Gasteiger partial charge on any atom is -0.481 e. The first-order valence-corrected chi connectivity index (χ1v) is 18.6. The number of nitrogens with one attached hydrogen (secondary N) is 4. The van der Waals surface area contributed by atoms with Gasteiger partial charge in [0.15, 0.2) is 5.78 Å². The fourth-order valence-electron chi connectivity index (χ4n) is 5.55. The number of hydrogen-bond acceptors (Lipinski definition) is 10. The third-order valence-corrected chi connectivity index (χ3v) is 9.16. The van der Waals surface area contributed by atoms with Crippen molar-refractivity contribution in [2.24, 2.45) is 17.1 Å². The van der Waals surface area contributed by atoms with Crippen molar-refractivity contribution in [2.75, 3.05) is 33.4 Å². The zero-order valence-corrected chi connectivity index (χ0v) is 33.2. The van der Waals surface area contributed by atoms with Crippen molar-refractivity contribution < 1.29 is 48.5 Å². The molecular formula is C37H69N5O10. The number of nitrogens with two attached hydrogens (primary N) is 1. The van der Waals surface area contributed by atoms with Crippen LogP contribution in [0.25, 0.3) is 0 Å². The number of carboxylic acids is 2. The molecule has 15 nitrogen and oxygen atoms in total. The summed E-state index contributed by atoms with van der Waals surface area (Å²) in [6, 6.07) is -2.73. The van der Waals surface area contributed by atoms with Gasteiger partial charge < -0.3 is 46.7 Å². The summed E-state index contributed by atoms with van der Waals surface area (Å²) < 4.78 is 12.0. The number of amides is 3. The fraction of sp³-hybridized carbons (Fsp3) is 0.838. The molecule has 0 radical (unpaired) electrons. The summed E-state index contributed by atoms with van der Waals surface area (Å²) in [5.41, 5.74) is 4.28. The molecule has 0 aliphatic rings. The Morgan fingerprint density at radius 3 is 1.88 bits per heavy atom. The van der Waals surface area contributed by atoms with E-state index in [1.807, 2.05) is 48.6 Å². The van der Waals surface area contributed by atoms with Crippen LogP contribution in [0.2, 0.25) is 0 Å². The van der Waals surface area contributed by atoms with E-state index in [1.54, 1.807) is 0 Å². The molecule has 0 spiro atoms. The zero-order valence-electron chi connectivity index (χ0n) is 33.2. The van der Waals surface area contributed by atoms with Gasteiger partial charge in [0, 0.05) is 31.3 Å². The molecule has 4 atom stereocenters. The van der Waals surface area contributed by atoms with E-state index in [-0.39, 0.29) is 55.6 Å². The predicted molar refractivity (Wildman–Crippen MR) is 199 cm³/mol. The summed E-state index contributed by atoms with van der Waals surface area (Å²) in [7, 11) is 1.82. The highest BCUT2D eigenvalue weighted by Gasteiger charge is 2.32. The number of aliphatic carboxylic acids is 2. The molecule has 3 amide bonds. The van der Waals surface area contributed by atoms with Gasteiger partial charge in [-0.2, -0.15) is 0 Å². The Hall–Kier alpha value is -3.14. The lowest BCUT2D eigenvalue weighted by atomic mass is 9.79. The lowest BCUT2D eigenvalue weighted by Gasteiger charge is -2.30. The van der Waals surface area contributed by atoms with Gasteiger partial charge in [-0.15, -0.1) is 0 Å². The lowest BCUT2D eigenvalue weighted by Crippen LogP contribution is -2.49. The highest BCUT2D eigenvalue weighted by Crippen LogP contribution is 2.26. The first-order chi connectivity index (χ1) is 24.1. The van der Waals surface area contributed by atoms with E-state index in [0.717, 1.165) is 32.1 Å². The van der Waals surface area contributed by atoms with E-state index < -0.39 is 53.0 Å². The van der Waals surface area contributed by atoms with Crippen LogP contribution in [0, 0.1) is 11.3 Å². The second-order valence-electron chi connectivity index (χ2n) is 15.5. The van der Waals surface area contributed by atoms with Gasteiger partial charge in [0.1, 0.15) is 6.04 Å². The van der Waals surface area contributed by atoms with Crippen molar-refractivity contribution in [3.05, 3.63) is 0 Å². The topological polar surface area (TPSA) is 235 Å². The molecule has 0 aliphatic carbocycles. The second kappa shape index (κ2) is 24.2. The standard InChI is InChI=1S/C37H69N5O10/c1-10-17-35(3,4)31(45)27(39-9)13-11-12-20-40-30(44)16-18-36(5,6)51-22-19-37(7,8)52-23-21-41-29(43)15-14-28(34(49)50)42-32(46)26(38)24-25(2)33(47)48/h25-28,39H,10-24,38H2,1-9H3,(H,40,44)(H,41,43)(H,42,46)(H,47,48)(H,49,50)/t25?,26?,27-,28+/m1/s1. The maximum atomic E-state index is 12.9. The van der Waals surface area contributed by atoms with Crippen LogP contribution < -0.4 is 27.0 Å². The number of rotatable bonds is 30. The monoisotopic (exact) mass is 744 g/mol. The lowest BCUT2D eigenvalue weighted by molar-refractivity contribution is -0.144. The quantitative estimate of drug-likeness (QED) is 0.0526. The van der Waals surface area contributed by atoms with Crippen molar-refractivity contribution in [2.45, 2.75) is 155 Å². The molecule has 0 fully saturated rings. The molecule has 0 rings (SSSR count). The number of likely N-dealkylation sites (N-methyl/N-ethyl adjacent to an activating group) is 1. The van der Waals surface area contributed by atoms with Crippen LogP contribution in [0.1, 0.15) is 126 Å². The molecule has 2 unspecified atom stereocenters. The van der Waals surface area contributed by atoms with Crippen LogP contribution in [0.5, 0.6) is 0 Å². The Kier molecular flexibility index (Phi) is 22.8. The first-order valence-electron chi connectivity index (χ1n) is 18.6. The average molecular weight is 744 g/mol. The Morgan fingerprint density at radius 2 is 1.31 bits per heavy atom. The van der Waals surface area contributed by atoms with Crippen molar-refractivity contribution in [1.82, 2.24) is 21.3 Å². The molecule has 0 saturated heterocycles. The van der Waals surface area contributed by atoms with E-state index in [9.17, 15) is 33.9 Å². The molecule has 0 bridgehead atoms. The summed E-state index contributed by atoms with van der Waals surface area (Å²) in [4.78, 5) is 72.4. The van der Waals surface area contributed by atoms with Crippen LogP contribution in [-0.4, -0.2) is 108 Å². The molecule has 0 heterocycles. The first kappa shape index (κ1) is 48.9. The summed E-state index contributed by atoms with van der Waals surface area (Å²) in [5.74, 6) is -4.34. The number of unbranched alkanes of at least 4 members (excludes halogenated alkanes) is 1. The third-order valence-electron chi connectivity index (χ3n) is 9.16. The van der Waals surface area contributed by atoms with Crippen molar-refractivity contribution in [1.29, 1.82) is 0 Å². The molecule has 0 aromatic carbocycles. The predicted octanol–water partition coefficient (Wildman–Crippen LogP) is 2.92. The molecule has 0 aliphatic heterocycles. The molecule has 0 aromatic rings. The van der Waals surface area contributed by atoms with Crippen molar-refractivity contribution in [3.63, 3.8) is 0 Å². The van der Waals surface area contributed by atoms with Gasteiger partial charge in [0.2, 0.25) is 17.7 Å². The van der Waals surface area contributed by atoms with Gasteiger partial charge >= 0.3 is 11.9 Å². The third kappa shape index (κ3) is 21.4. The number of hydrogen-bond donors (Lipinski definition) is 7.